The van der Waals surface area contributed by atoms with E-state index in [0.717, 1.165) is 0 Å². The number of ether oxygens (including phenoxy) is 1. The maximum Gasteiger partial charge on any atom is 0.534 e. The molecule has 1 saturated heterocycles. The van der Waals surface area contributed by atoms with E-state index in [9.17, 15) is 24.0 Å². The molecule has 1 aliphatic heterocycles. The molecule has 12 nitrogen and oxygen atoms in total. The molecular formula is C10H13N3O9. The van der Waals surface area contributed by atoms with Crippen LogP contribution in [-0.2, 0) is 19.2 Å². The monoisotopic (exact) mass is 319 g/mol. The number of amides is 4. The molecule has 1 fully saturated rings. The second kappa shape index (κ2) is 7.66. The van der Waals surface area contributed by atoms with Gasteiger partial charge < -0.3 is 25.6 Å². The SMILES string of the molecule is O=C(O)NCC(CNC(=O)O)OC(=O)ON1C(=O)CCC1=O. The van der Waals surface area contributed by atoms with E-state index in [1.807, 2.05) is 10.6 Å². The molecular weight excluding hydrogens is 306 g/mol. The first-order chi connectivity index (χ1) is 10.3. The van der Waals surface area contributed by atoms with Crippen molar-refractivity contribution in [3.05, 3.63) is 0 Å². The summed E-state index contributed by atoms with van der Waals surface area (Å²) in [4.78, 5) is 59.1. The number of rotatable bonds is 6. The molecule has 0 aromatic heterocycles. The number of hydrogen-bond acceptors (Lipinski definition) is 7. The first-order valence-electron chi connectivity index (χ1n) is 5.97. The zero-order valence-electron chi connectivity index (χ0n) is 11.1. The molecule has 0 aromatic carbocycles. The van der Waals surface area contributed by atoms with E-state index in [1.54, 1.807) is 0 Å². The second-order valence-corrected chi connectivity index (χ2v) is 4.04. The summed E-state index contributed by atoms with van der Waals surface area (Å²) in [7, 11) is 0. The molecule has 122 valence electrons. The zero-order chi connectivity index (χ0) is 16.7. The Morgan fingerprint density at radius 3 is 1.91 bits per heavy atom. The summed E-state index contributed by atoms with van der Waals surface area (Å²) in [6, 6.07) is 0. The Kier molecular flexibility index (Phi) is 5.92. The third kappa shape index (κ3) is 5.52. The largest absolute Gasteiger partial charge is 0.534 e. The van der Waals surface area contributed by atoms with Crippen molar-refractivity contribution in [2.45, 2.75) is 18.9 Å². The minimum absolute atomic E-state index is 0.101. The molecule has 0 aromatic rings. The summed E-state index contributed by atoms with van der Waals surface area (Å²) in [6.07, 6.45) is -5.70. The quantitative estimate of drug-likeness (QED) is 0.358. The molecule has 4 amide bonds. The third-order valence-electron chi connectivity index (χ3n) is 2.40. The molecule has 0 aliphatic carbocycles. The number of hydroxylamine groups is 2. The zero-order valence-corrected chi connectivity index (χ0v) is 11.1. The van der Waals surface area contributed by atoms with Gasteiger partial charge in [0.15, 0.2) is 0 Å². The minimum Gasteiger partial charge on any atom is -0.465 e. The second-order valence-electron chi connectivity index (χ2n) is 4.04. The van der Waals surface area contributed by atoms with Crippen molar-refractivity contribution in [2.24, 2.45) is 0 Å². The Morgan fingerprint density at radius 1 is 1.05 bits per heavy atom. The third-order valence-corrected chi connectivity index (χ3v) is 2.40. The van der Waals surface area contributed by atoms with Crippen LogP contribution in [-0.4, -0.2) is 64.6 Å². The highest BCUT2D eigenvalue weighted by molar-refractivity contribution is 6.01. The highest BCUT2D eigenvalue weighted by Gasteiger charge is 2.34. The van der Waals surface area contributed by atoms with Gasteiger partial charge in [0.1, 0.15) is 6.10 Å². The van der Waals surface area contributed by atoms with Gasteiger partial charge in [0.2, 0.25) is 0 Å². The van der Waals surface area contributed by atoms with Gasteiger partial charge in [-0.2, -0.15) is 0 Å². The molecule has 4 N–H and O–H groups in total. The van der Waals surface area contributed by atoms with Crippen LogP contribution in [0.1, 0.15) is 12.8 Å². The van der Waals surface area contributed by atoms with Crippen molar-refractivity contribution >= 4 is 30.2 Å². The number of hydrogen-bond donors (Lipinski definition) is 4. The van der Waals surface area contributed by atoms with Crippen LogP contribution in [0.2, 0.25) is 0 Å². The van der Waals surface area contributed by atoms with Crippen LogP contribution < -0.4 is 10.6 Å². The summed E-state index contributed by atoms with van der Waals surface area (Å²) in [5.41, 5.74) is 0. The standard InChI is InChI=1S/C10H13N3O9/c14-6-1-2-7(15)13(6)22-10(20)21-5(3-11-8(16)17)4-12-9(18)19/h5,11-12H,1-4H2,(H,16,17)(H,18,19). The number of nitrogens with zero attached hydrogens (tertiary/aromatic N) is 1. The molecule has 12 heteroatoms. The predicted molar refractivity (Wildman–Crippen MR) is 64.5 cm³/mol. The normalized spacial score (nSPS) is 14.0. The average Bonchev–Trinajstić information content (AvgIpc) is 2.73. The fourth-order valence-corrected chi connectivity index (χ4v) is 1.45. The lowest BCUT2D eigenvalue weighted by molar-refractivity contribution is -0.178. The Morgan fingerprint density at radius 2 is 1.50 bits per heavy atom. The molecule has 1 rings (SSSR count). The highest BCUT2D eigenvalue weighted by Crippen LogP contribution is 2.12. The molecule has 0 radical (unpaired) electrons. The number of carbonyl (C=O) groups is 5. The Hall–Kier alpha value is -3.05. The van der Waals surface area contributed by atoms with E-state index in [0.29, 0.717) is 0 Å². The van der Waals surface area contributed by atoms with Crippen LogP contribution in [0.4, 0.5) is 14.4 Å². The number of imide groups is 1. The van der Waals surface area contributed by atoms with E-state index in [1.165, 1.54) is 0 Å². The van der Waals surface area contributed by atoms with E-state index in [-0.39, 0.29) is 17.9 Å². The fraction of sp³-hybridized carbons (Fsp3) is 0.500. The Labute approximate surface area is 122 Å². The van der Waals surface area contributed by atoms with Crippen molar-refractivity contribution in [2.75, 3.05) is 13.1 Å². The van der Waals surface area contributed by atoms with Crippen LogP contribution >= 0.6 is 0 Å². The van der Waals surface area contributed by atoms with Crippen molar-refractivity contribution in [3.8, 4) is 0 Å². The van der Waals surface area contributed by atoms with Gasteiger partial charge in [-0.25, -0.2) is 14.4 Å². The molecule has 0 spiro atoms. The molecule has 0 bridgehead atoms. The summed E-state index contributed by atoms with van der Waals surface area (Å²) < 4.78 is 4.65. The van der Waals surface area contributed by atoms with Crippen LogP contribution in [0.3, 0.4) is 0 Å². The number of carbonyl (C=O) groups excluding carboxylic acids is 3. The first kappa shape index (κ1) is 17.0. The van der Waals surface area contributed by atoms with Crippen molar-refractivity contribution < 1.29 is 43.8 Å². The van der Waals surface area contributed by atoms with Crippen LogP contribution in [0.15, 0.2) is 0 Å². The lowest BCUT2D eigenvalue weighted by Crippen LogP contribution is -2.43. The van der Waals surface area contributed by atoms with Crippen LogP contribution in [0.25, 0.3) is 0 Å². The van der Waals surface area contributed by atoms with Crippen LogP contribution in [0, 0.1) is 0 Å². The smallest absolute Gasteiger partial charge is 0.465 e. The molecule has 0 unspecified atom stereocenters. The van der Waals surface area contributed by atoms with Crippen molar-refractivity contribution in [3.63, 3.8) is 0 Å². The fourth-order valence-electron chi connectivity index (χ4n) is 1.45. The van der Waals surface area contributed by atoms with Crippen LogP contribution in [0.5, 0.6) is 0 Å². The number of nitrogens with one attached hydrogen (secondary N) is 2. The van der Waals surface area contributed by atoms with Gasteiger partial charge in [0.25, 0.3) is 11.8 Å². The van der Waals surface area contributed by atoms with Gasteiger partial charge in [-0.15, -0.1) is 0 Å². The predicted octanol–water partition coefficient (Wildman–Crippen LogP) is -0.893. The maximum atomic E-state index is 11.4. The number of carboxylic acid groups (broad SMARTS) is 2. The van der Waals surface area contributed by atoms with Gasteiger partial charge in [-0.05, 0) is 0 Å². The molecule has 1 aliphatic rings. The van der Waals surface area contributed by atoms with E-state index < -0.39 is 49.3 Å². The maximum absolute atomic E-state index is 11.4. The van der Waals surface area contributed by atoms with Gasteiger partial charge in [-0.1, -0.05) is 5.06 Å². The lowest BCUT2D eigenvalue weighted by Gasteiger charge is -2.18. The highest BCUT2D eigenvalue weighted by atomic mass is 16.8. The first-order valence-corrected chi connectivity index (χ1v) is 5.97. The van der Waals surface area contributed by atoms with Gasteiger partial charge in [0, 0.05) is 12.8 Å². The van der Waals surface area contributed by atoms with E-state index in [2.05, 4.69) is 9.57 Å². The van der Waals surface area contributed by atoms with Gasteiger partial charge in [-0.3, -0.25) is 14.4 Å². The summed E-state index contributed by atoms with van der Waals surface area (Å²) in [5.74, 6) is -1.43. The van der Waals surface area contributed by atoms with Crippen molar-refractivity contribution in [1.29, 1.82) is 0 Å². The molecule has 0 saturated carbocycles. The topological polar surface area (TPSA) is 172 Å². The molecule has 1 heterocycles. The van der Waals surface area contributed by atoms with Crippen molar-refractivity contribution in [1.82, 2.24) is 15.7 Å². The van der Waals surface area contributed by atoms with E-state index in [4.69, 9.17) is 10.2 Å². The molecule has 22 heavy (non-hydrogen) atoms. The van der Waals surface area contributed by atoms with Gasteiger partial charge >= 0.3 is 18.3 Å². The Balaban J connectivity index is 2.53. The minimum atomic E-state index is -1.44. The lowest BCUT2D eigenvalue weighted by atomic mass is 10.3. The van der Waals surface area contributed by atoms with E-state index >= 15 is 0 Å². The summed E-state index contributed by atoms with van der Waals surface area (Å²) >= 11 is 0. The Bertz CT molecular complexity index is 458. The summed E-state index contributed by atoms with van der Waals surface area (Å²) in [5, 5.41) is 20.9. The van der Waals surface area contributed by atoms with Gasteiger partial charge in [0.05, 0.1) is 13.1 Å². The summed E-state index contributed by atoms with van der Waals surface area (Å²) in [6.45, 7) is -0.848. The molecule has 0 atom stereocenters. The average molecular weight is 319 g/mol.